The highest BCUT2D eigenvalue weighted by Gasteiger charge is 2.48. The van der Waals surface area contributed by atoms with Gasteiger partial charge in [-0.1, -0.05) is 27.7 Å². The Morgan fingerprint density at radius 1 is 1.19 bits per heavy atom. The van der Waals surface area contributed by atoms with Crippen LogP contribution in [-0.2, 0) is 9.53 Å². The average molecular weight is 232 g/mol. The summed E-state index contributed by atoms with van der Waals surface area (Å²) in [5, 5.41) is 28.3. The van der Waals surface area contributed by atoms with Crippen molar-refractivity contribution in [3.8, 4) is 0 Å². The number of carboxylic acid groups (broad SMARTS) is 1. The fourth-order valence-corrected chi connectivity index (χ4v) is 2.23. The van der Waals surface area contributed by atoms with Gasteiger partial charge in [-0.2, -0.15) is 0 Å². The molecule has 5 atom stereocenters. The molecule has 0 spiro atoms. The Bertz CT molecular complexity index is 270. The molecule has 16 heavy (non-hydrogen) atoms. The third-order valence-corrected chi connectivity index (χ3v) is 3.07. The second-order valence-corrected chi connectivity index (χ2v) is 5.52. The normalized spacial score (nSPS) is 40.8. The number of aliphatic carboxylic acids is 1. The molecule has 94 valence electrons. The summed E-state index contributed by atoms with van der Waals surface area (Å²) in [6, 6.07) is 0. The highest BCUT2D eigenvalue weighted by molar-refractivity contribution is 5.73. The predicted octanol–water partition coefficient (Wildman–Crippen LogP) is 0.242. The van der Waals surface area contributed by atoms with E-state index in [1.54, 1.807) is 6.92 Å². The van der Waals surface area contributed by atoms with Gasteiger partial charge in [0, 0.05) is 5.92 Å². The van der Waals surface area contributed by atoms with Crippen molar-refractivity contribution in [3.63, 3.8) is 0 Å². The molecule has 1 saturated heterocycles. The van der Waals surface area contributed by atoms with Crippen LogP contribution in [0, 0.1) is 11.3 Å². The van der Waals surface area contributed by atoms with E-state index in [2.05, 4.69) is 0 Å². The number of hydrogen-bond acceptors (Lipinski definition) is 4. The minimum Gasteiger partial charge on any atom is -0.479 e. The van der Waals surface area contributed by atoms with Crippen LogP contribution in [0.3, 0.4) is 0 Å². The smallest absolute Gasteiger partial charge is 0.335 e. The molecular weight excluding hydrogens is 212 g/mol. The number of ether oxygens (including phenoxy) is 1. The third-order valence-electron chi connectivity index (χ3n) is 3.07. The largest absolute Gasteiger partial charge is 0.479 e. The second-order valence-electron chi connectivity index (χ2n) is 5.52. The molecule has 0 aromatic rings. The van der Waals surface area contributed by atoms with E-state index in [4.69, 9.17) is 9.84 Å². The van der Waals surface area contributed by atoms with Crippen molar-refractivity contribution in [2.24, 2.45) is 11.3 Å². The number of aliphatic hydroxyl groups excluding tert-OH is 2. The van der Waals surface area contributed by atoms with Gasteiger partial charge in [0.05, 0.1) is 12.2 Å². The molecule has 5 unspecified atom stereocenters. The van der Waals surface area contributed by atoms with E-state index >= 15 is 0 Å². The first kappa shape index (κ1) is 13.4. The summed E-state index contributed by atoms with van der Waals surface area (Å²) in [5.74, 6) is -1.54. The van der Waals surface area contributed by atoms with Crippen LogP contribution in [0.5, 0.6) is 0 Å². The van der Waals surface area contributed by atoms with Crippen LogP contribution in [0.25, 0.3) is 0 Å². The molecule has 1 fully saturated rings. The van der Waals surface area contributed by atoms with E-state index in [0.717, 1.165) is 0 Å². The summed E-state index contributed by atoms with van der Waals surface area (Å²) in [6.07, 6.45) is -4.19. The molecule has 0 aromatic carbocycles. The van der Waals surface area contributed by atoms with E-state index in [0.29, 0.717) is 0 Å². The van der Waals surface area contributed by atoms with Crippen LogP contribution in [0.4, 0.5) is 0 Å². The average Bonchev–Trinajstić information content (AvgIpc) is 2.11. The van der Waals surface area contributed by atoms with Crippen molar-refractivity contribution in [2.75, 3.05) is 0 Å². The molecule has 0 bridgehead atoms. The molecule has 1 heterocycles. The van der Waals surface area contributed by atoms with Gasteiger partial charge in [-0.25, -0.2) is 4.79 Å². The van der Waals surface area contributed by atoms with Crippen LogP contribution in [0.2, 0.25) is 0 Å². The first-order chi connectivity index (χ1) is 7.16. The van der Waals surface area contributed by atoms with E-state index < -0.39 is 30.4 Å². The third kappa shape index (κ3) is 2.36. The van der Waals surface area contributed by atoms with E-state index in [1.165, 1.54) is 0 Å². The van der Waals surface area contributed by atoms with Gasteiger partial charge in [0.15, 0.2) is 6.10 Å². The maximum absolute atomic E-state index is 10.9. The Hall–Kier alpha value is -0.650. The lowest BCUT2D eigenvalue weighted by Crippen LogP contribution is -2.59. The number of aliphatic hydroxyl groups is 2. The zero-order chi connectivity index (χ0) is 12.7. The van der Waals surface area contributed by atoms with Crippen molar-refractivity contribution in [2.45, 2.75) is 52.1 Å². The summed E-state index contributed by atoms with van der Waals surface area (Å²) in [5.41, 5.74) is -0.283. The minimum atomic E-state index is -1.37. The van der Waals surface area contributed by atoms with E-state index in [9.17, 15) is 15.0 Å². The molecule has 3 N–H and O–H groups in total. The van der Waals surface area contributed by atoms with Crippen LogP contribution in [-0.4, -0.2) is 45.7 Å². The standard InChI is InChI=1S/C11H20O5/c1-5-6(12)7(13)8(10(14)15)16-9(5)11(2,3)4/h5-9,12-13H,1-4H3,(H,14,15). The van der Waals surface area contributed by atoms with Crippen LogP contribution in [0.1, 0.15) is 27.7 Å². The molecule has 5 nitrogen and oxygen atoms in total. The summed E-state index contributed by atoms with van der Waals surface area (Å²) >= 11 is 0. The Morgan fingerprint density at radius 2 is 1.69 bits per heavy atom. The molecule has 0 saturated carbocycles. The maximum Gasteiger partial charge on any atom is 0.335 e. The van der Waals surface area contributed by atoms with Crippen molar-refractivity contribution in [1.29, 1.82) is 0 Å². The van der Waals surface area contributed by atoms with Gasteiger partial charge in [-0.3, -0.25) is 0 Å². The van der Waals surface area contributed by atoms with Gasteiger partial charge in [0.25, 0.3) is 0 Å². The Morgan fingerprint density at radius 3 is 2.06 bits per heavy atom. The van der Waals surface area contributed by atoms with Crippen molar-refractivity contribution >= 4 is 5.97 Å². The number of hydrogen-bond donors (Lipinski definition) is 3. The summed E-state index contributed by atoms with van der Waals surface area (Å²) in [7, 11) is 0. The van der Waals surface area contributed by atoms with Crippen LogP contribution in [0.15, 0.2) is 0 Å². The van der Waals surface area contributed by atoms with Crippen LogP contribution >= 0.6 is 0 Å². The Kier molecular flexibility index (Phi) is 3.62. The Labute approximate surface area is 95.0 Å². The molecule has 1 aliphatic rings. The highest BCUT2D eigenvalue weighted by Crippen LogP contribution is 2.36. The first-order valence-corrected chi connectivity index (χ1v) is 5.40. The van der Waals surface area contributed by atoms with Gasteiger partial charge < -0.3 is 20.1 Å². The molecule has 0 aromatic heterocycles. The van der Waals surface area contributed by atoms with Crippen LogP contribution < -0.4 is 0 Å². The monoisotopic (exact) mass is 232 g/mol. The molecule has 0 radical (unpaired) electrons. The molecule has 0 aliphatic carbocycles. The highest BCUT2D eigenvalue weighted by atomic mass is 16.5. The minimum absolute atomic E-state index is 0.283. The van der Waals surface area contributed by atoms with Gasteiger partial charge in [0.1, 0.15) is 6.10 Å². The first-order valence-electron chi connectivity index (χ1n) is 5.40. The molecule has 0 amide bonds. The maximum atomic E-state index is 10.9. The van der Waals surface area contributed by atoms with E-state index in [1.807, 2.05) is 20.8 Å². The molecule has 5 heteroatoms. The lowest BCUT2D eigenvalue weighted by Gasteiger charge is -2.45. The predicted molar refractivity (Wildman–Crippen MR) is 56.9 cm³/mol. The van der Waals surface area contributed by atoms with Crippen molar-refractivity contribution in [3.05, 3.63) is 0 Å². The van der Waals surface area contributed by atoms with Crippen molar-refractivity contribution < 1.29 is 24.9 Å². The lowest BCUT2D eigenvalue weighted by molar-refractivity contribution is -0.226. The van der Waals surface area contributed by atoms with Gasteiger partial charge >= 0.3 is 5.97 Å². The van der Waals surface area contributed by atoms with Crippen molar-refractivity contribution in [1.82, 2.24) is 0 Å². The summed E-state index contributed by atoms with van der Waals surface area (Å²) in [6.45, 7) is 7.49. The number of carboxylic acids is 1. The molecular formula is C11H20O5. The van der Waals surface area contributed by atoms with E-state index in [-0.39, 0.29) is 11.3 Å². The SMILES string of the molecule is CC1C(O)C(O)C(C(=O)O)OC1C(C)(C)C. The fraction of sp³-hybridized carbons (Fsp3) is 0.909. The molecule has 1 aliphatic heterocycles. The second kappa shape index (κ2) is 4.31. The fourth-order valence-electron chi connectivity index (χ4n) is 2.23. The van der Waals surface area contributed by atoms with Gasteiger partial charge in [-0.15, -0.1) is 0 Å². The Balaban J connectivity index is 2.94. The van der Waals surface area contributed by atoms with Gasteiger partial charge in [-0.05, 0) is 5.41 Å². The summed E-state index contributed by atoms with van der Waals surface area (Å²) in [4.78, 5) is 10.9. The molecule has 1 rings (SSSR count). The topological polar surface area (TPSA) is 87.0 Å². The lowest BCUT2D eigenvalue weighted by atomic mass is 9.76. The number of carbonyl (C=O) groups is 1. The summed E-state index contributed by atoms with van der Waals surface area (Å²) < 4.78 is 5.40. The van der Waals surface area contributed by atoms with Gasteiger partial charge in [0.2, 0.25) is 0 Å². The zero-order valence-electron chi connectivity index (χ0n) is 10.0. The quantitative estimate of drug-likeness (QED) is 0.603. The zero-order valence-corrected chi connectivity index (χ0v) is 10.0. The number of rotatable bonds is 1.